The van der Waals surface area contributed by atoms with Crippen LogP contribution in [-0.4, -0.2) is 11.4 Å². The molecule has 0 rings (SSSR count). The van der Waals surface area contributed by atoms with E-state index in [2.05, 4.69) is 17.1 Å². The van der Waals surface area contributed by atoms with Crippen LogP contribution in [0, 0.1) is 0 Å². The Balaban J connectivity index is 3.40. The lowest BCUT2D eigenvalue weighted by Gasteiger charge is -1.90. The summed E-state index contributed by atoms with van der Waals surface area (Å²) in [7, 11) is 0. The van der Waals surface area contributed by atoms with Crippen molar-refractivity contribution in [3.63, 3.8) is 0 Å². The van der Waals surface area contributed by atoms with Crippen molar-refractivity contribution in [3.8, 4) is 0 Å². The van der Waals surface area contributed by atoms with Crippen LogP contribution in [0.5, 0.6) is 0 Å². The second-order valence-corrected chi connectivity index (χ2v) is 1.81. The molecular formula is C4H9N3S. The maximum Gasteiger partial charge on any atom is 0.177 e. The molecule has 4 heteroatoms. The first-order valence-corrected chi connectivity index (χ1v) is 3.27. The van der Waals surface area contributed by atoms with Crippen molar-refractivity contribution in [1.82, 2.24) is 5.43 Å². The van der Waals surface area contributed by atoms with Crippen LogP contribution in [0.1, 0.15) is 0 Å². The topological polar surface area (TPSA) is 50.4 Å². The molecule has 0 bridgehead atoms. The number of nitrogens with zero attached hydrogens (tertiary/aromatic N) is 1. The van der Waals surface area contributed by atoms with E-state index in [0.29, 0.717) is 5.17 Å². The molecule has 0 spiro atoms. The monoisotopic (exact) mass is 131 g/mol. The number of nitrogens with two attached hydrogens (primary N) is 1. The largest absolute Gasteiger partial charge is 0.377 e. The van der Waals surface area contributed by atoms with Crippen LogP contribution < -0.4 is 11.2 Å². The van der Waals surface area contributed by atoms with Crippen molar-refractivity contribution in [2.75, 3.05) is 6.26 Å². The normalized spacial score (nSPS) is 10.9. The van der Waals surface area contributed by atoms with Crippen molar-refractivity contribution in [2.45, 2.75) is 0 Å². The summed E-state index contributed by atoms with van der Waals surface area (Å²) in [5.74, 6) is 0. The molecule has 0 radical (unpaired) electrons. The molecule has 3 N–H and O–H groups in total. The van der Waals surface area contributed by atoms with Crippen molar-refractivity contribution in [3.05, 3.63) is 12.8 Å². The van der Waals surface area contributed by atoms with Crippen LogP contribution in [0.15, 0.2) is 17.9 Å². The Labute approximate surface area is 53.0 Å². The second kappa shape index (κ2) is 4.52. The van der Waals surface area contributed by atoms with Gasteiger partial charge < -0.3 is 5.73 Å². The van der Waals surface area contributed by atoms with Crippen molar-refractivity contribution in [2.24, 2.45) is 10.8 Å². The van der Waals surface area contributed by atoms with Crippen LogP contribution in [0.3, 0.4) is 0 Å². The predicted octanol–water partition coefficient (Wildman–Crippen LogP) is 0.312. The van der Waals surface area contributed by atoms with E-state index in [1.165, 1.54) is 18.0 Å². The summed E-state index contributed by atoms with van der Waals surface area (Å²) in [5.41, 5.74) is 7.77. The standard InChI is InChI=1S/C4H9N3S/c1-3-6-7-4(5)8-2/h3,6H,1H2,2H3,(H2,5,7). The van der Waals surface area contributed by atoms with Crippen molar-refractivity contribution < 1.29 is 0 Å². The molecule has 0 aliphatic heterocycles. The van der Waals surface area contributed by atoms with Crippen molar-refractivity contribution >= 4 is 16.9 Å². The highest BCUT2D eigenvalue weighted by molar-refractivity contribution is 8.13. The molecule has 0 saturated heterocycles. The molecule has 8 heavy (non-hydrogen) atoms. The lowest BCUT2D eigenvalue weighted by atomic mass is 11.1. The van der Waals surface area contributed by atoms with E-state index < -0.39 is 0 Å². The number of thioether (sulfide) groups is 1. The number of rotatable bonds is 2. The van der Waals surface area contributed by atoms with E-state index in [1.54, 1.807) is 0 Å². The lowest BCUT2D eigenvalue weighted by molar-refractivity contribution is 0.974. The van der Waals surface area contributed by atoms with Gasteiger partial charge >= 0.3 is 0 Å². The minimum atomic E-state index is 0.505. The van der Waals surface area contributed by atoms with Gasteiger partial charge in [0, 0.05) is 6.20 Å². The van der Waals surface area contributed by atoms with Gasteiger partial charge in [0.25, 0.3) is 0 Å². The van der Waals surface area contributed by atoms with Crippen molar-refractivity contribution in [1.29, 1.82) is 0 Å². The fourth-order valence-corrected chi connectivity index (χ4v) is 0.299. The van der Waals surface area contributed by atoms with Gasteiger partial charge in [-0.25, -0.2) is 0 Å². The Morgan fingerprint density at radius 1 is 2.00 bits per heavy atom. The summed E-state index contributed by atoms with van der Waals surface area (Å²) in [6.07, 6.45) is 3.31. The van der Waals surface area contributed by atoms with Crippen LogP contribution in [-0.2, 0) is 0 Å². The number of amidine groups is 1. The molecule has 0 aromatic rings. The lowest BCUT2D eigenvalue weighted by Crippen LogP contribution is -2.09. The van der Waals surface area contributed by atoms with Gasteiger partial charge in [-0.3, -0.25) is 5.43 Å². The van der Waals surface area contributed by atoms with E-state index in [-0.39, 0.29) is 0 Å². The first-order chi connectivity index (χ1) is 3.81. The Bertz CT molecular complexity index is 99.5. The fraction of sp³-hybridized carbons (Fsp3) is 0.250. The molecule has 46 valence electrons. The summed E-state index contributed by atoms with van der Waals surface area (Å²) in [6, 6.07) is 0. The van der Waals surface area contributed by atoms with Gasteiger partial charge in [-0.15, -0.1) is 0 Å². The molecule has 0 saturated carbocycles. The highest BCUT2D eigenvalue weighted by atomic mass is 32.2. The van der Waals surface area contributed by atoms with Gasteiger partial charge in [0.1, 0.15) is 0 Å². The predicted molar refractivity (Wildman–Crippen MR) is 38.5 cm³/mol. The Morgan fingerprint density at radius 3 is 3.00 bits per heavy atom. The zero-order chi connectivity index (χ0) is 6.41. The average molecular weight is 131 g/mol. The van der Waals surface area contributed by atoms with Gasteiger partial charge in [-0.05, 0) is 6.26 Å². The van der Waals surface area contributed by atoms with E-state index in [1.807, 2.05) is 6.26 Å². The first kappa shape index (κ1) is 7.36. The number of hydrogen-bond acceptors (Lipinski definition) is 3. The molecule has 3 nitrogen and oxygen atoms in total. The molecule has 0 unspecified atom stereocenters. The van der Waals surface area contributed by atoms with Crippen LogP contribution >= 0.6 is 11.8 Å². The van der Waals surface area contributed by atoms with Crippen LogP contribution in [0.4, 0.5) is 0 Å². The molecule has 0 aromatic heterocycles. The van der Waals surface area contributed by atoms with E-state index >= 15 is 0 Å². The first-order valence-electron chi connectivity index (χ1n) is 2.05. The summed E-state index contributed by atoms with van der Waals surface area (Å²) in [5, 5.41) is 4.16. The van der Waals surface area contributed by atoms with Crippen LogP contribution in [0.25, 0.3) is 0 Å². The molecule has 0 aromatic carbocycles. The summed E-state index contributed by atoms with van der Waals surface area (Å²) in [4.78, 5) is 0. The van der Waals surface area contributed by atoms with E-state index in [0.717, 1.165) is 0 Å². The quantitative estimate of drug-likeness (QED) is 0.322. The maximum atomic E-state index is 5.26. The summed E-state index contributed by atoms with van der Waals surface area (Å²) >= 11 is 1.38. The molecule has 0 aliphatic carbocycles. The molecule has 0 heterocycles. The zero-order valence-electron chi connectivity index (χ0n) is 4.72. The third-order valence-corrected chi connectivity index (χ3v) is 0.985. The highest BCUT2D eigenvalue weighted by Crippen LogP contribution is 1.87. The zero-order valence-corrected chi connectivity index (χ0v) is 5.53. The fourth-order valence-electron chi connectivity index (χ4n) is 0.155. The van der Waals surface area contributed by atoms with Crippen LogP contribution in [0.2, 0.25) is 0 Å². The minimum Gasteiger partial charge on any atom is -0.377 e. The molecule has 0 atom stereocenters. The van der Waals surface area contributed by atoms with Gasteiger partial charge in [-0.2, -0.15) is 5.10 Å². The summed E-state index contributed by atoms with van der Waals surface area (Å²) in [6.45, 7) is 3.38. The molecule has 0 aliphatic rings. The van der Waals surface area contributed by atoms with Gasteiger partial charge in [0.15, 0.2) is 5.17 Å². The van der Waals surface area contributed by atoms with Gasteiger partial charge in [-0.1, -0.05) is 18.3 Å². The molecule has 0 fully saturated rings. The molecule has 0 amide bonds. The Morgan fingerprint density at radius 2 is 2.62 bits per heavy atom. The SMILES string of the molecule is C=CN/N=C(\N)SC. The van der Waals surface area contributed by atoms with Gasteiger partial charge in [0.05, 0.1) is 0 Å². The van der Waals surface area contributed by atoms with E-state index in [4.69, 9.17) is 5.73 Å². The Hall–Kier alpha value is -0.640. The number of hydrogen-bond donors (Lipinski definition) is 2. The second-order valence-electron chi connectivity index (χ2n) is 0.987. The van der Waals surface area contributed by atoms with Gasteiger partial charge in [0.2, 0.25) is 0 Å². The number of hydrazone groups is 1. The molecular weight excluding hydrogens is 122 g/mol. The Kier molecular flexibility index (Phi) is 4.16. The summed E-state index contributed by atoms with van der Waals surface area (Å²) < 4.78 is 0. The third kappa shape index (κ3) is 3.55. The average Bonchev–Trinajstić information content (AvgIpc) is 1.83. The smallest absolute Gasteiger partial charge is 0.177 e. The maximum absolute atomic E-state index is 5.26. The van der Waals surface area contributed by atoms with E-state index in [9.17, 15) is 0 Å². The third-order valence-electron chi connectivity index (χ3n) is 0.475. The minimum absolute atomic E-state index is 0.505. The number of nitrogens with one attached hydrogen (secondary N) is 1. The highest BCUT2D eigenvalue weighted by Gasteiger charge is 1.80.